The zero-order chi connectivity index (χ0) is 13.5. The molecule has 0 atom stereocenters. The molecule has 0 bridgehead atoms. The molecule has 18 heavy (non-hydrogen) atoms. The second-order valence-corrected chi connectivity index (χ2v) is 4.71. The summed E-state index contributed by atoms with van der Waals surface area (Å²) in [6.45, 7) is 10.4. The molecule has 1 amide bonds. The van der Waals surface area contributed by atoms with Crippen molar-refractivity contribution in [1.29, 1.82) is 0 Å². The smallest absolute Gasteiger partial charge is 0.253 e. The van der Waals surface area contributed by atoms with Gasteiger partial charge in [-0.2, -0.15) is 0 Å². The van der Waals surface area contributed by atoms with E-state index in [0.29, 0.717) is 12.5 Å². The third-order valence-corrected chi connectivity index (χ3v) is 2.74. The number of hydrogen-bond donors (Lipinski definition) is 0. The van der Waals surface area contributed by atoms with Gasteiger partial charge in [-0.25, -0.2) is 0 Å². The average molecular weight is 249 g/mol. The van der Waals surface area contributed by atoms with Gasteiger partial charge in [-0.3, -0.25) is 4.79 Å². The van der Waals surface area contributed by atoms with Crippen LogP contribution in [0.4, 0.5) is 0 Å². The van der Waals surface area contributed by atoms with Crippen molar-refractivity contribution in [3.05, 3.63) is 29.8 Å². The fraction of sp³-hybridized carbons (Fsp3) is 0.533. The molecule has 0 aliphatic carbocycles. The second kappa shape index (κ2) is 7.04. The molecule has 0 aromatic heterocycles. The van der Waals surface area contributed by atoms with Crippen LogP contribution in [0.1, 0.15) is 38.1 Å². The van der Waals surface area contributed by atoms with Crippen molar-refractivity contribution in [2.45, 2.75) is 27.7 Å². The summed E-state index contributed by atoms with van der Waals surface area (Å²) in [5.74, 6) is 1.40. The number of nitrogens with zero attached hydrogens (tertiary/aromatic N) is 1. The first-order chi connectivity index (χ1) is 8.58. The summed E-state index contributed by atoms with van der Waals surface area (Å²) < 4.78 is 5.59. The van der Waals surface area contributed by atoms with Gasteiger partial charge in [0.15, 0.2) is 0 Å². The van der Waals surface area contributed by atoms with E-state index in [0.717, 1.165) is 24.4 Å². The molecule has 0 saturated heterocycles. The number of ether oxygens (including phenoxy) is 1. The summed E-state index contributed by atoms with van der Waals surface area (Å²) in [6, 6.07) is 7.38. The molecule has 0 N–H and O–H groups in total. The maximum absolute atomic E-state index is 12.1. The van der Waals surface area contributed by atoms with Crippen molar-refractivity contribution in [3.63, 3.8) is 0 Å². The van der Waals surface area contributed by atoms with Crippen LogP contribution in [0.2, 0.25) is 0 Å². The Morgan fingerprint density at radius 3 is 2.17 bits per heavy atom. The molecule has 0 saturated carbocycles. The first-order valence-corrected chi connectivity index (χ1v) is 6.60. The Bertz CT molecular complexity index is 367. The van der Waals surface area contributed by atoms with E-state index in [4.69, 9.17) is 4.74 Å². The van der Waals surface area contributed by atoms with E-state index in [9.17, 15) is 4.79 Å². The van der Waals surface area contributed by atoms with E-state index in [1.807, 2.05) is 43.0 Å². The summed E-state index contributed by atoms with van der Waals surface area (Å²) in [5, 5.41) is 0. The van der Waals surface area contributed by atoms with Gasteiger partial charge in [0.2, 0.25) is 0 Å². The lowest BCUT2D eigenvalue weighted by atomic mass is 10.2. The van der Waals surface area contributed by atoms with Gasteiger partial charge >= 0.3 is 0 Å². The highest BCUT2D eigenvalue weighted by Gasteiger charge is 2.11. The minimum atomic E-state index is 0.0791. The van der Waals surface area contributed by atoms with Crippen LogP contribution in [-0.4, -0.2) is 30.5 Å². The van der Waals surface area contributed by atoms with Gasteiger partial charge in [0.05, 0.1) is 6.61 Å². The van der Waals surface area contributed by atoms with Crippen LogP contribution in [-0.2, 0) is 0 Å². The molecule has 3 heteroatoms. The van der Waals surface area contributed by atoms with Crippen LogP contribution >= 0.6 is 0 Å². The lowest BCUT2D eigenvalue weighted by Gasteiger charge is -2.18. The Kier molecular flexibility index (Phi) is 5.69. The molecule has 0 unspecified atom stereocenters. The summed E-state index contributed by atoms with van der Waals surface area (Å²) in [7, 11) is 0. The molecule has 0 aliphatic heterocycles. The normalized spacial score (nSPS) is 10.5. The number of carbonyl (C=O) groups excluding carboxylic acids is 1. The number of benzene rings is 1. The molecular weight excluding hydrogens is 226 g/mol. The van der Waals surface area contributed by atoms with E-state index < -0.39 is 0 Å². The second-order valence-electron chi connectivity index (χ2n) is 4.71. The Morgan fingerprint density at radius 2 is 1.72 bits per heavy atom. The summed E-state index contributed by atoms with van der Waals surface area (Å²) in [6.07, 6.45) is 0. The Hall–Kier alpha value is -1.51. The Balaban J connectivity index is 2.67. The lowest BCUT2D eigenvalue weighted by molar-refractivity contribution is 0.0773. The highest BCUT2D eigenvalue weighted by atomic mass is 16.5. The minimum Gasteiger partial charge on any atom is -0.493 e. The Labute approximate surface area is 110 Å². The largest absolute Gasteiger partial charge is 0.493 e. The van der Waals surface area contributed by atoms with Gasteiger partial charge in [0, 0.05) is 18.7 Å². The van der Waals surface area contributed by atoms with Crippen molar-refractivity contribution >= 4 is 5.91 Å². The number of rotatable bonds is 6. The molecule has 1 rings (SSSR count). The zero-order valence-electron chi connectivity index (χ0n) is 11.8. The topological polar surface area (TPSA) is 29.5 Å². The quantitative estimate of drug-likeness (QED) is 0.775. The zero-order valence-corrected chi connectivity index (χ0v) is 11.8. The first-order valence-electron chi connectivity index (χ1n) is 6.60. The standard InChI is InChI=1S/C15H23NO2/c1-5-16(6-2)15(17)13-7-9-14(10-8-13)18-11-12(3)4/h7-10,12H,5-6,11H2,1-4H3. The third kappa shape index (κ3) is 4.06. The van der Waals surface area contributed by atoms with Gasteiger partial charge in [-0.1, -0.05) is 13.8 Å². The highest BCUT2D eigenvalue weighted by molar-refractivity contribution is 5.94. The van der Waals surface area contributed by atoms with Gasteiger partial charge in [-0.05, 0) is 44.0 Å². The average Bonchev–Trinajstić information content (AvgIpc) is 2.38. The highest BCUT2D eigenvalue weighted by Crippen LogP contribution is 2.14. The fourth-order valence-electron chi connectivity index (χ4n) is 1.65. The predicted octanol–water partition coefficient (Wildman–Crippen LogP) is 3.20. The monoisotopic (exact) mass is 249 g/mol. The predicted molar refractivity (Wildman–Crippen MR) is 74.0 cm³/mol. The SMILES string of the molecule is CCN(CC)C(=O)c1ccc(OCC(C)C)cc1. The minimum absolute atomic E-state index is 0.0791. The van der Waals surface area contributed by atoms with Crippen LogP contribution in [0.15, 0.2) is 24.3 Å². The van der Waals surface area contributed by atoms with Crippen LogP contribution in [0.5, 0.6) is 5.75 Å². The lowest BCUT2D eigenvalue weighted by Crippen LogP contribution is -2.30. The molecule has 0 radical (unpaired) electrons. The maximum Gasteiger partial charge on any atom is 0.253 e. The van der Waals surface area contributed by atoms with Gasteiger partial charge in [0.1, 0.15) is 5.75 Å². The molecule has 1 aromatic carbocycles. The van der Waals surface area contributed by atoms with Crippen LogP contribution in [0, 0.1) is 5.92 Å². The first kappa shape index (κ1) is 14.6. The van der Waals surface area contributed by atoms with Crippen LogP contribution < -0.4 is 4.74 Å². The Morgan fingerprint density at radius 1 is 1.17 bits per heavy atom. The molecule has 0 spiro atoms. The molecule has 3 nitrogen and oxygen atoms in total. The van der Waals surface area contributed by atoms with E-state index in [2.05, 4.69) is 13.8 Å². The van der Waals surface area contributed by atoms with Crippen molar-refractivity contribution in [2.24, 2.45) is 5.92 Å². The number of hydrogen-bond acceptors (Lipinski definition) is 2. The van der Waals surface area contributed by atoms with Crippen molar-refractivity contribution in [3.8, 4) is 5.75 Å². The molecule has 0 fully saturated rings. The number of amides is 1. The van der Waals surface area contributed by atoms with Crippen LogP contribution in [0.3, 0.4) is 0 Å². The molecule has 0 heterocycles. The summed E-state index contributed by atoms with van der Waals surface area (Å²) in [4.78, 5) is 13.9. The van der Waals surface area contributed by atoms with E-state index in [1.54, 1.807) is 0 Å². The van der Waals surface area contributed by atoms with E-state index >= 15 is 0 Å². The molecule has 0 aliphatic rings. The number of carbonyl (C=O) groups is 1. The van der Waals surface area contributed by atoms with E-state index in [-0.39, 0.29) is 5.91 Å². The van der Waals surface area contributed by atoms with Gasteiger partial charge in [0.25, 0.3) is 5.91 Å². The third-order valence-electron chi connectivity index (χ3n) is 2.74. The molecular formula is C15H23NO2. The van der Waals surface area contributed by atoms with Gasteiger partial charge in [-0.15, -0.1) is 0 Å². The maximum atomic E-state index is 12.1. The fourth-order valence-corrected chi connectivity index (χ4v) is 1.65. The summed E-state index contributed by atoms with van der Waals surface area (Å²) >= 11 is 0. The van der Waals surface area contributed by atoms with Crippen molar-refractivity contribution in [2.75, 3.05) is 19.7 Å². The molecule has 100 valence electrons. The van der Waals surface area contributed by atoms with Gasteiger partial charge < -0.3 is 9.64 Å². The van der Waals surface area contributed by atoms with Crippen molar-refractivity contribution < 1.29 is 9.53 Å². The van der Waals surface area contributed by atoms with Crippen molar-refractivity contribution in [1.82, 2.24) is 4.90 Å². The van der Waals surface area contributed by atoms with Crippen LogP contribution in [0.25, 0.3) is 0 Å². The molecule has 1 aromatic rings. The van der Waals surface area contributed by atoms with E-state index in [1.165, 1.54) is 0 Å². The summed E-state index contributed by atoms with van der Waals surface area (Å²) in [5.41, 5.74) is 0.718.